The molecule has 0 unspecified atom stereocenters. The second-order valence-electron chi connectivity index (χ2n) is 7.28. The first-order chi connectivity index (χ1) is 14.6. The largest absolute Gasteiger partial charge is 0.376 e. The van der Waals surface area contributed by atoms with Gasteiger partial charge in [0.15, 0.2) is 0 Å². The number of amides is 1. The number of nitrogens with one attached hydrogen (secondary N) is 2. The molecule has 1 amide bonds. The average molecular weight is 396 g/mol. The smallest absolute Gasteiger partial charge is 0.259 e. The number of benzene rings is 3. The highest BCUT2D eigenvalue weighted by Crippen LogP contribution is 2.19. The molecule has 0 aliphatic rings. The molecule has 1 aromatic heterocycles. The summed E-state index contributed by atoms with van der Waals surface area (Å²) in [5, 5.41) is 9.62. The number of hydrazone groups is 1. The van der Waals surface area contributed by atoms with E-state index >= 15 is 0 Å². The summed E-state index contributed by atoms with van der Waals surface area (Å²) in [4.78, 5) is 12.1. The third-order valence-corrected chi connectivity index (χ3v) is 5.14. The fraction of sp³-hybridized carbons (Fsp3) is 0.120. The predicted molar refractivity (Wildman–Crippen MR) is 123 cm³/mol. The van der Waals surface area contributed by atoms with Crippen LogP contribution in [0.1, 0.15) is 16.8 Å². The van der Waals surface area contributed by atoms with Crippen LogP contribution in [0.3, 0.4) is 0 Å². The Bertz CT molecular complexity index is 1220. The van der Waals surface area contributed by atoms with Crippen molar-refractivity contribution in [2.24, 2.45) is 5.10 Å². The van der Waals surface area contributed by atoms with Gasteiger partial charge < -0.3 is 9.88 Å². The molecular formula is C25H24N4O. The van der Waals surface area contributed by atoms with Crippen LogP contribution in [0.4, 0.5) is 5.69 Å². The van der Waals surface area contributed by atoms with E-state index in [1.165, 1.54) is 21.9 Å². The summed E-state index contributed by atoms with van der Waals surface area (Å²) in [6, 6.07) is 24.5. The zero-order chi connectivity index (χ0) is 20.9. The molecule has 0 bridgehead atoms. The van der Waals surface area contributed by atoms with E-state index in [1.54, 1.807) is 6.21 Å². The Hall–Kier alpha value is -3.86. The monoisotopic (exact) mass is 396 g/mol. The minimum atomic E-state index is -0.201. The Morgan fingerprint density at radius 3 is 2.60 bits per heavy atom. The molecule has 5 nitrogen and oxygen atoms in total. The van der Waals surface area contributed by atoms with Gasteiger partial charge in [0.25, 0.3) is 5.91 Å². The number of nitrogens with zero attached hydrogens (tertiary/aromatic N) is 2. The van der Waals surface area contributed by atoms with Crippen molar-refractivity contribution >= 4 is 28.6 Å². The first-order valence-electron chi connectivity index (χ1n) is 9.90. The number of carbonyl (C=O) groups excluding carboxylic acids is 1. The summed E-state index contributed by atoms with van der Waals surface area (Å²) >= 11 is 0. The van der Waals surface area contributed by atoms with Crippen LogP contribution in [0, 0.1) is 13.8 Å². The second-order valence-corrected chi connectivity index (χ2v) is 7.28. The molecular weight excluding hydrogens is 372 g/mol. The van der Waals surface area contributed by atoms with Crippen LogP contribution in [0.25, 0.3) is 16.5 Å². The minimum absolute atomic E-state index is 0.158. The van der Waals surface area contributed by atoms with Crippen LogP contribution in [-0.2, 0) is 4.79 Å². The maximum atomic E-state index is 12.1. The minimum Gasteiger partial charge on any atom is -0.376 e. The molecule has 5 heteroatoms. The van der Waals surface area contributed by atoms with E-state index in [0.29, 0.717) is 0 Å². The Kier molecular flexibility index (Phi) is 5.61. The Labute approximate surface area is 176 Å². The molecule has 3 aromatic carbocycles. The molecule has 150 valence electrons. The quantitative estimate of drug-likeness (QED) is 0.363. The molecule has 0 saturated heterocycles. The van der Waals surface area contributed by atoms with Gasteiger partial charge in [0, 0.05) is 17.6 Å². The molecule has 2 N–H and O–H groups in total. The normalized spacial score (nSPS) is 11.1. The SMILES string of the molecule is Cc1ccc(NCC(=O)N/N=C/c2cccn2-c2ccc3ccccc3c2)cc1C. The van der Waals surface area contributed by atoms with E-state index in [0.717, 1.165) is 17.1 Å². The van der Waals surface area contributed by atoms with Crippen LogP contribution < -0.4 is 10.7 Å². The van der Waals surface area contributed by atoms with E-state index in [1.807, 2.05) is 53.2 Å². The van der Waals surface area contributed by atoms with Crippen molar-refractivity contribution in [3.8, 4) is 5.69 Å². The van der Waals surface area contributed by atoms with Gasteiger partial charge in [-0.05, 0) is 72.1 Å². The number of hydrogen-bond acceptors (Lipinski definition) is 3. The third kappa shape index (κ3) is 4.41. The lowest BCUT2D eigenvalue weighted by molar-refractivity contribution is -0.119. The second kappa shape index (κ2) is 8.66. The van der Waals surface area contributed by atoms with E-state index in [2.05, 4.69) is 60.0 Å². The molecule has 0 aliphatic heterocycles. The molecule has 0 aliphatic carbocycles. The summed E-state index contributed by atoms with van der Waals surface area (Å²) in [6.45, 7) is 4.27. The van der Waals surface area contributed by atoms with Crippen molar-refractivity contribution in [1.82, 2.24) is 9.99 Å². The molecule has 0 fully saturated rings. The van der Waals surface area contributed by atoms with E-state index < -0.39 is 0 Å². The van der Waals surface area contributed by atoms with Gasteiger partial charge in [-0.2, -0.15) is 5.10 Å². The van der Waals surface area contributed by atoms with Crippen molar-refractivity contribution in [2.45, 2.75) is 13.8 Å². The fourth-order valence-corrected chi connectivity index (χ4v) is 3.30. The molecule has 1 heterocycles. The van der Waals surface area contributed by atoms with Gasteiger partial charge in [0.05, 0.1) is 18.5 Å². The summed E-state index contributed by atoms with van der Waals surface area (Å²) in [7, 11) is 0. The zero-order valence-electron chi connectivity index (χ0n) is 17.1. The summed E-state index contributed by atoms with van der Waals surface area (Å²) in [6.07, 6.45) is 3.64. The van der Waals surface area contributed by atoms with E-state index in [9.17, 15) is 4.79 Å². The maximum absolute atomic E-state index is 12.1. The van der Waals surface area contributed by atoms with Gasteiger partial charge in [-0.1, -0.05) is 36.4 Å². The Morgan fingerprint density at radius 1 is 0.933 bits per heavy atom. The van der Waals surface area contributed by atoms with E-state index in [-0.39, 0.29) is 12.5 Å². The van der Waals surface area contributed by atoms with Crippen molar-refractivity contribution in [3.63, 3.8) is 0 Å². The first-order valence-corrected chi connectivity index (χ1v) is 9.90. The van der Waals surface area contributed by atoms with Gasteiger partial charge in [0.1, 0.15) is 0 Å². The molecule has 4 rings (SSSR count). The number of anilines is 1. The average Bonchev–Trinajstić information content (AvgIpc) is 3.23. The summed E-state index contributed by atoms with van der Waals surface area (Å²) < 4.78 is 2.04. The van der Waals surface area contributed by atoms with E-state index in [4.69, 9.17) is 0 Å². The standard InChI is InChI=1S/C25H24N4O/c1-18-9-11-22(14-19(18)2)26-17-25(30)28-27-16-24-8-5-13-29(24)23-12-10-20-6-3-4-7-21(20)15-23/h3-16,26H,17H2,1-2H3,(H,28,30)/b27-16+. The number of rotatable bonds is 6. The Balaban J connectivity index is 1.39. The molecule has 4 aromatic rings. The highest BCUT2D eigenvalue weighted by atomic mass is 16.2. The zero-order valence-corrected chi connectivity index (χ0v) is 17.1. The predicted octanol–water partition coefficient (Wildman–Crippen LogP) is 4.81. The summed E-state index contributed by atoms with van der Waals surface area (Å²) in [5.74, 6) is -0.201. The topological polar surface area (TPSA) is 58.4 Å². The van der Waals surface area contributed by atoms with Crippen LogP contribution in [0.2, 0.25) is 0 Å². The van der Waals surface area contributed by atoms with Crippen LogP contribution in [-0.4, -0.2) is 23.2 Å². The number of hydrogen-bond donors (Lipinski definition) is 2. The molecule has 0 atom stereocenters. The van der Waals surface area contributed by atoms with Gasteiger partial charge in [0.2, 0.25) is 0 Å². The number of carbonyl (C=O) groups is 1. The molecule has 0 spiro atoms. The summed E-state index contributed by atoms with van der Waals surface area (Å²) in [5.41, 5.74) is 7.84. The molecule has 0 saturated carbocycles. The highest BCUT2D eigenvalue weighted by molar-refractivity contribution is 5.86. The lowest BCUT2D eigenvalue weighted by atomic mass is 10.1. The van der Waals surface area contributed by atoms with Crippen LogP contribution in [0.5, 0.6) is 0 Å². The van der Waals surface area contributed by atoms with Gasteiger partial charge in [-0.15, -0.1) is 0 Å². The molecule has 30 heavy (non-hydrogen) atoms. The number of aromatic nitrogens is 1. The first kappa shape index (κ1) is 19.5. The van der Waals surface area contributed by atoms with Crippen molar-refractivity contribution in [1.29, 1.82) is 0 Å². The van der Waals surface area contributed by atoms with Crippen LogP contribution >= 0.6 is 0 Å². The van der Waals surface area contributed by atoms with Crippen molar-refractivity contribution in [3.05, 3.63) is 95.8 Å². The Morgan fingerprint density at radius 2 is 1.77 bits per heavy atom. The van der Waals surface area contributed by atoms with Gasteiger partial charge in [-0.3, -0.25) is 4.79 Å². The van der Waals surface area contributed by atoms with Crippen molar-refractivity contribution in [2.75, 3.05) is 11.9 Å². The number of fused-ring (bicyclic) bond motifs is 1. The number of aryl methyl sites for hydroxylation is 2. The fourth-order valence-electron chi connectivity index (χ4n) is 3.30. The van der Waals surface area contributed by atoms with Gasteiger partial charge in [-0.25, -0.2) is 5.43 Å². The van der Waals surface area contributed by atoms with Crippen LogP contribution in [0.15, 0.2) is 84.1 Å². The van der Waals surface area contributed by atoms with Crippen molar-refractivity contribution < 1.29 is 4.79 Å². The lowest BCUT2D eigenvalue weighted by Gasteiger charge is -2.09. The molecule has 0 radical (unpaired) electrons. The highest BCUT2D eigenvalue weighted by Gasteiger charge is 2.04. The third-order valence-electron chi connectivity index (χ3n) is 5.14. The lowest BCUT2D eigenvalue weighted by Crippen LogP contribution is -2.26. The maximum Gasteiger partial charge on any atom is 0.259 e. The van der Waals surface area contributed by atoms with Gasteiger partial charge >= 0.3 is 0 Å².